The van der Waals surface area contributed by atoms with Gasteiger partial charge in [-0.15, -0.1) is 0 Å². The fraction of sp³-hybridized carbons (Fsp3) is 0.556. The van der Waals surface area contributed by atoms with Crippen molar-refractivity contribution in [2.45, 2.75) is 26.7 Å². The summed E-state index contributed by atoms with van der Waals surface area (Å²) in [7, 11) is 0. The average molecular weight is 333 g/mol. The number of nitrogens with zero attached hydrogens (tertiary/aromatic N) is 2. The number of primary amides is 1. The van der Waals surface area contributed by atoms with Crippen molar-refractivity contribution < 1.29 is 14.3 Å². The van der Waals surface area contributed by atoms with Crippen molar-refractivity contribution >= 4 is 11.9 Å². The van der Waals surface area contributed by atoms with Crippen LogP contribution in [0, 0.1) is 5.92 Å². The van der Waals surface area contributed by atoms with E-state index < -0.39 is 6.03 Å². The van der Waals surface area contributed by atoms with Crippen LogP contribution in [0.2, 0.25) is 0 Å². The SMILES string of the molecule is CC(C)CCOc1ccc(C(=O)N2CCCN(C(N)=O)CC2)cc1. The van der Waals surface area contributed by atoms with Crippen LogP contribution >= 0.6 is 0 Å². The Morgan fingerprint density at radius 2 is 1.71 bits per heavy atom. The lowest BCUT2D eigenvalue weighted by Gasteiger charge is -2.21. The maximum atomic E-state index is 12.6. The number of carbonyl (C=O) groups is 2. The minimum Gasteiger partial charge on any atom is -0.494 e. The largest absolute Gasteiger partial charge is 0.494 e. The predicted octanol–water partition coefficient (Wildman–Crippen LogP) is 2.34. The van der Waals surface area contributed by atoms with Gasteiger partial charge in [-0.1, -0.05) is 13.8 Å². The first-order chi connectivity index (χ1) is 11.5. The summed E-state index contributed by atoms with van der Waals surface area (Å²) in [4.78, 5) is 27.2. The van der Waals surface area contributed by atoms with E-state index in [9.17, 15) is 9.59 Å². The highest BCUT2D eigenvalue weighted by molar-refractivity contribution is 5.94. The molecule has 0 aliphatic carbocycles. The summed E-state index contributed by atoms with van der Waals surface area (Å²) >= 11 is 0. The van der Waals surface area contributed by atoms with E-state index in [-0.39, 0.29) is 5.91 Å². The molecule has 2 rings (SSSR count). The zero-order valence-electron chi connectivity index (χ0n) is 14.5. The predicted molar refractivity (Wildman–Crippen MR) is 93.1 cm³/mol. The van der Waals surface area contributed by atoms with E-state index in [1.807, 2.05) is 12.1 Å². The Bertz CT molecular complexity index is 557. The summed E-state index contributed by atoms with van der Waals surface area (Å²) in [6, 6.07) is 6.84. The summed E-state index contributed by atoms with van der Waals surface area (Å²) in [5.74, 6) is 1.37. The molecule has 0 unspecified atom stereocenters. The van der Waals surface area contributed by atoms with E-state index in [0.29, 0.717) is 44.3 Å². The zero-order chi connectivity index (χ0) is 17.5. The zero-order valence-corrected chi connectivity index (χ0v) is 14.5. The van der Waals surface area contributed by atoms with Crippen molar-refractivity contribution in [3.63, 3.8) is 0 Å². The fourth-order valence-electron chi connectivity index (χ4n) is 2.63. The Labute approximate surface area is 143 Å². The molecule has 1 aliphatic rings. The number of hydrogen-bond donors (Lipinski definition) is 1. The smallest absolute Gasteiger partial charge is 0.314 e. The molecule has 1 aromatic rings. The molecule has 132 valence electrons. The molecular weight excluding hydrogens is 306 g/mol. The molecule has 6 heteroatoms. The van der Waals surface area contributed by atoms with Gasteiger partial charge in [0.25, 0.3) is 5.91 Å². The first-order valence-corrected chi connectivity index (χ1v) is 8.54. The van der Waals surface area contributed by atoms with Crippen LogP contribution < -0.4 is 10.5 Å². The monoisotopic (exact) mass is 333 g/mol. The molecule has 0 aromatic heterocycles. The van der Waals surface area contributed by atoms with E-state index >= 15 is 0 Å². The molecule has 1 saturated heterocycles. The van der Waals surface area contributed by atoms with E-state index in [1.165, 1.54) is 0 Å². The van der Waals surface area contributed by atoms with Crippen molar-refractivity contribution in [3.8, 4) is 5.75 Å². The molecule has 0 spiro atoms. The first kappa shape index (κ1) is 18.1. The quantitative estimate of drug-likeness (QED) is 0.898. The fourth-order valence-corrected chi connectivity index (χ4v) is 2.63. The van der Waals surface area contributed by atoms with Crippen molar-refractivity contribution in [3.05, 3.63) is 29.8 Å². The van der Waals surface area contributed by atoms with Gasteiger partial charge in [-0.2, -0.15) is 0 Å². The van der Waals surface area contributed by atoms with Crippen LogP contribution in [0.3, 0.4) is 0 Å². The van der Waals surface area contributed by atoms with Crippen LogP contribution in [0.15, 0.2) is 24.3 Å². The number of urea groups is 1. The highest BCUT2D eigenvalue weighted by Crippen LogP contribution is 2.16. The molecule has 1 heterocycles. The van der Waals surface area contributed by atoms with Gasteiger partial charge in [-0.25, -0.2) is 4.79 Å². The van der Waals surface area contributed by atoms with Gasteiger partial charge in [-0.05, 0) is 43.0 Å². The van der Waals surface area contributed by atoms with Gasteiger partial charge >= 0.3 is 6.03 Å². The molecule has 1 aliphatic heterocycles. The Hall–Kier alpha value is -2.24. The molecule has 0 radical (unpaired) electrons. The van der Waals surface area contributed by atoms with E-state index in [0.717, 1.165) is 18.6 Å². The number of benzene rings is 1. The van der Waals surface area contributed by atoms with Crippen LogP contribution in [0.5, 0.6) is 5.75 Å². The van der Waals surface area contributed by atoms with E-state index in [2.05, 4.69) is 13.8 Å². The molecule has 6 nitrogen and oxygen atoms in total. The standard InChI is InChI=1S/C18H27N3O3/c1-14(2)8-13-24-16-6-4-15(5-7-16)17(22)20-9-3-10-21(12-11-20)18(19)23/h4-7,14H,3,8-13H2,1-2H3,(H2,19,23). The second-order valence-corrected chi connectivity index (χ2v) is 6.53. The third-order valence-electron chi connectivity index (χ3n) is 4.16. The number of rotatable bonds is 5. The highest BCUT2D eigenvalue weighted by atomic mass is 16.5. The summed E-state index contributed by atoms with van der Waals surface area (Å²) in [6.45, 7) is 7.22. The third kappa shape index (κ3) is 5.15. The summed E-state index contributed by atoms with van der Waals surface area (Å²) in [5, 5.41) is 0. The molecule has 2 N–H and O–H groups in total. The summed E-state index contributed by atoms with van der Waals surface area (Å²) < 4.78 is 5.67. The number of nitrogens with two attached hydrogens (primary N) is 1. The van der Waals surface area contributed by atoms with Gasteiger partial charge in [-0.3, -0.25) is 4.79 Å². The first-order valence-electron chi connectivity index (χ1n) is 8.54. The van der Waals surface area contributed by atoms with Crippen LogP contribution in [0.1, 0.15) is 37.0 Å². The minimum absolute atomic E-state index is 0.0185. The molecule has 24 heavy (non-hydrogen) atoms. The molecule has 1 aromatic carbocycles. The molecule has 0 saturated carbocycles. The number of amides is 3. The van der Waals surface area contributed by atoms with Gasteiger partial charge in [0.2, 0.25) is 0 Å². The van der Waals surface area contributed by atoms with Crippen LogP contribution in [0.4, 0.5) is 4.79 Å². The lowest BCUT2D eigenvalue weighted by molar-refractivity contribution is 0.0762. The third-order valence-corrected chi connectivity index (χ3v) is 4.16. The maximum Gasteiger partial charge on any atom is 0.314 e. The Kier molecular flexibility index (Phi) is 6.46. The molecule has 0 bridgehead atoms. The number of ether oxygens (including phenoxy) is 1. The average Bonchev–Trinajstić information content (AvgIpc) is 2.80. The number of carbonyl (C=O) groups excluding carboxylic acids is 2. The van der Waals surface area contributed by atoms with Crippen molar-refractivity contribution in [2.24, 2.45) is 11.7 Å². The molecule has 3 amide bonds. The van der Waals surface area contributed by atoms with Gasteiger partial charge in [0, 0.05) is 31.7 Å². The Morgan fingerprint density at radius 3 is 2.33 bits per heavy atom. The lowest BCUT2D eigenvalue weighted by atomic mass is 10.1. The summed E-state index contributed by atoms with van der Waals surface area (Å²) in [6.07, 6.45) is 1.75. The van der Waals surface area contributed by atoms with Gasteiger partial charge in [0.05, 0.1) is 6.61 Å². The molecular formula is C18H27N3O3. The molecule has 1 fully saturated rings. The Morgan fingerprint density at radius 1 is 1.08 bits per heavy atom. The number of hydrogen-bond acceptors (Lipinski definition) is 3. The van der Waals surface area contributed by atoms with Crippen molar-refractivity contribution in [2.75, 3.05) is 32.8 Å². The second kappa shape index (κ2) is 8.57. The van der Waals surface area contributed by atoms with E-state index in [1.54, 1.807) is 21.9 Å². The van der Waals surface area contributed by atoms with Crippen molar-refractivity contribution in [1.29, 1.82) is 0 Å². The molecule has 0 atom stereocenters. The maximum absolute atomic E-state index is 12.6. The summed E-state index contributed by atoms with van der Waals surface area (Å²) in [5.41, 5.74) is 5.95. The van der Waals surface area contributed by atoms with E-state index in [4.69, 9.17) is 10.5 Å². The lowest BCUT2D eigenvalue weighted by Crippen LogP contribution is -2.39. The normalized spacial score (nSPS) is 15.3. The van der Waals surface area contributed by atoms with Crippen molar-refractivity contribution in [1.82, 2.24) is 9.80 Å². The van der Waals surface area contributed by atoms with Crippen LogP contribution in [0.25, 0.3) is 0 Å². The second-order valence-electron chi connectivity index (χ2n) is 6.53. The van der Waals surface area contributed by atoms with Gasteiger partial charge in [0.15, 0.2) is 0 Å². The van der Waals surface area contributed by atoms with Gasteiger partial charge in [0.1, 0.15) is 5.75 Å². The highest BCUT2D eigenvalue weighted by Gasteiger charge is 2.21. The van der Waals surface area contributed by atoms with Crippen LogP contribution in [-0.2, 0) is 0 Å². The topological polar surface area (TPSA) is 75.9 Å². The van der Waals surface area contributed by atoms with Gasteiger partial charge < -0.3 is 20.3 Å². The minimum atomic E-state index is -0.424. The van der Waals surface area contributed by atoms with Crippen LogP contribution in [-0.4, -0.2) is 54.5 Å². The Balaban J connectivity index is 1.91.